The third kappa shape index (κ3) is 14.1. The van der Waals surface area contributed by atoms with Crippen molar-refractivity contribution in [1.82, 2.24) is 25.9 Å². The second kappa shape index (κ2) is 24.0. The monoisotopic (exact) mass is 795 g/mol. The van der Waals surface area contributed by atoms with Crippen LogP contribution in [0.25, 0.3) is 11.0 Å². The van der Waals surface area contributed by atoms with E-state index in [4.69, 9.17) is 18.9 Å². The smallest absolute Gasteiger partial charge is 0.255 e. The molecule has 1 aromatic heterocycles. The number of aliphatic hydroxyl groups excluding tert-OH is 2. The molecule has 1 fully saturated rings. The van der Waals surface area contributed by atoms with Gasteiger partial charge in [-0.25, -0.2) is 4.98 Å². The van der Waals surface area contributed by atoms with Gasteiger partial charge in [-0.1, -0.05) is 90.5 Å². The van der Waals surface area contributed by atoms with Crippen molar-refractivity contribution in [2.75, 3.05) is 46.8 Å². The number of ether oxygens (including phenoxy) is 4. The second-order valence-corrected chi connectivity index (χ2v) is 15.4. The van der Waals surface area contributed by atoms with Crippen molar-refractivity contribution in [2.45, 2.75) is 103 Å². The van der Waals surface area contributed by atoms with Gasteiger partial charge in [0.15, 0.2) is 0 Å². The van der Waals surface area contributed by atoms with Crippen molar-refractivity contribution in [2.24, 2.45) is 23.7 Å². The van der Waals surface area contributed by atoms with Crippen LogP contribution in [0.1, 0.15) is 88.8 Å². The maximum atomic E-state index is 14.1. The molecular weight excluding hydrogens is 730 g/mol. The number of carbonyl (C=O) groups excluding carboxylic acids is 3. The van der Waals surface area contributed by atoms with Crippen molar-refractivity contribution in [3.05, 3.63) is 59.9 Å². The van der Waals surface area contributed by atoms with E-state index in [0.717, 1.165) is 43.1 Å². The Hall–Kier alpha value is -4.08. The van der Waals surface area contributed by atoms with E-state index in [0.29, 0.717) is 50.8 Å². The highest BCUT2D eigenvalue weighted by atomic mass is 16.6. The summed E-state index contributed by atoms with van der Waals surface area (Å²) < 4.78 is 21.9. The van der Waals surface area contributed by atoms with Crippen molar-refractivity contribution < 1.29 is 43.5 Å². The number of carbonyl (C=O) groups is 3. The van der Waals surface area contributed by atoms with Gasteiger partial charge in [0.25, 0.3) is 5.91 Å². The highest BCUT2D eigenvalue weighted by Gasteiger charge is 2.41. The SMILES string of the molecule is CCC(C)[C@H](NC(=O)[C@H](C(C)C)[C@@H](O)[C@H](O)C(CC1CCCCC1)NC(=O)c1ccccc1OCCOCCOCCOC)C(=O)NCc1nc2ccccc2[nH]1. The van der Waals surface area contributed by atoms with E-state index < -0.39 is 47.9 Å². The Labute approximate surface area is 337 Å². The van der Waals surface area contributed by atoms with Crippen LogP contribution in [0.2, 0.25) is 0 Å². The predicted molar refractivity (Wildman–Crippen MR) is 218 cm³/mol. The molecule has 6 atom stereocenters. The number of aromatic amines is 1. The first-order valence-corrected chi connectivity index (χ1v) is 20.6. The summed E-state index contributed by atoms with van der Waals surface area (Å²) in [5, 5.41) is 32.6. The van der Waals surface area contributed by atoms with Gasteiger partial charge >= 0.3 is 0 Å². The average Bonchev–Trinajstić information content (AvgIpc) is 3.64. The molecule has 14 heteroatoms. The Morgan fingerprint density at radius 1 is 0.842 bits per heavy atom. The number of nitrogens with one attached hydrogen (secondary N) is 4. The zero-order valence-corrected chi connectivity index (χ0v) is 34.3. The summed E-state index contributed by atoms with van der Waals surface area (Å²) in [7, 11) is 1.61. The highest BCUT2D eigenvalue weighted by molar-refractivity contribution is 5.97. The number of rotatable bonds is 25. The van der Waals surface area contributed by atoms with Crippen molar-refractivity contribution in [1.29, 1.82) is 0 Å². The Kier molecular flexibility index (Phi) is 19.2. The predicted octanol–water partition coefficient (Wildman–Crippen LogP) is 4.53. The second-order valence-electron chi connectivity index (χ2n) is 15.4. The quantitative estimate of drug-likeness (QED) is 0.0664. The number of fused-ring (bicyclic) bond motifs is 1. The van der Waals surface area contributed by atoms with Gasteiger partial charge in [-0.15, -0.1) is 0 Å². The molecule has 2 unspecified atom stereocenters. The van der Waals surface area contributed by atoms with Gasteiger partial charge < -0.3 is 50.1 Å². The molecule has 1 saturated carbocycles. The molecule has 0 spiro atoms. The van der Waals surface area contributed by atoms with Crippen LogP contribution in [0.3, 0.4) is 0 Å². The zero-order valence-electron chi connectivity index (χ0n) is 34.3. The molecule has 6 N–H and O–H groups in total. The van der Waals surface area contributed by atoms with Crippen LogP contribution in [-0.2, 0) is 30.3 Å². The van der Waals surface area contributed by atoms with Crippen LogP contribution >= 0.6 is 0 Å². The number of para-hydroxylation sites is 3. The highest BCUT2D eigenvalue weighted by Crippen LogP contribution is 2.31. The number of hydrogen-bond donors (Lipinski definition) is 6. The molecule has 0 saturated heterocycles. The molecule has 3 amide bonds. The number of hydrogen-bond acceptors (Lipinski definition) is 10. The van der Waals surface area contributed by atoms with E-state index in [2.05, 4.69) is 25.9 Å². The number of H-pyrrole nitrogens is 1. The van der Waals surface area contributed by atoms with Crippen LogP contribution in [0.5, 0.6) is 5.75 Å². The molecule has 316 valence electrons. The fraction of sp³-hybridized carbons (Fsp3) is 0.628. The first kappa shape index (κ1) is 45.6. The van der Waals surface area contributed by atoms with Crippen molar-refractivity contribution in [3.8, 4) is 5.75 Å². The molecule has 1 heterocycles. The first-order chi connectivity index (χ1) is 27.5. The summed E-state index contributed by atoms with van der Waals surface area (Å²) in [5.41, 5.74) is 1.92. The summed E-state index contributed by atoms with van der Waals surface area (Å²) in [6.07, 6.45) is 3.14. The lowest BCUT2D eigenvalue weighted by molar-refractivity contribution is -0.140. The zero-order chi connectivity index (χ0) is 41.2. The van der Waals surface area contributed by atoms with E-state index in [1.165, 1.54) is 0 Å². The number of amides is 3. The minimum atomic E-state index is -1.54. The molecule has 0 bridgehead atoms. The van der Waals surface area contributed by atoms with Gasteiger partial charge in [-0.05, 0) is 48.4 Å². The Morgan fingerprint density at radius 3 is 2.19 bits per heavy atom. The molecule has 3 aromatic rings. The van der Waals surface area contributed by atoms with Gasteiger partial charge in [0.1, 0.15) is 30.3 Å². The number of aliphatic hydroxyl groups is 2. The molecule has 57 heavy (non-hydrogen) atoms. The summed E-state index contributed by atoms with van der Waals surface area (Å²) in [6.45, 7) is 9.86. The van der Waals surface area contributed by atoms with Crippen LogP contribution in [0.4, 0.5) is 0 Å². The van der Waals surface area contributed by atoms with E-state index in [1.807, 2.05) is 38.1 Å². The first-order valence-electron chi connectivity index (χ1n) is 20.6. The third-order valence-electron chi connectivity index (χ3n) is 10.9. The molecular formula is C43H65N5O9. The minimum Gasteiger partial charge on any atom is -0.490 e. The molecule has 14 nitrogen and oxygen atoms in total. The van der Waals surface area contributed by atoms with E-state index in [-0.39, 0.29) is 43.1 Å². The van der Waals surface area contributed by atoms with Crippen LogP contribution in [0, 0.1) is 23.7 Å². The van der Waals surface area contributed by atoms with Crippen molar-refractivity contribution in [3.63, 3.8) is 0 Å². The molecule has 0 aliphatic heterocycles. The summed E-state index contributed by atoms with van der Waals surface area (Å²) in [6, 6.07) is 12.7. The van der Waals surface area contributed by atoms with Crippen LogP contribution in [0.15, 0.2) is 48.5 Å². The number of methoxy groups -OCH3 is 1. The summed E-state index contributed by atoms with van der Waals surface area (Å²) in [4.78, 5) is 49.3. The Morgan fingerprint density at radius 2 is 1.51 bits per heavy atom. The molecule has 1 aliphatic carbocycles. The number of nitrogens with zero attached hydrogens (tertiary/aromatic N) is 1. The summed E-state index contributed by atoms with van der Waals surface area (Å²) >= 11 is 0. The lowest BCUT2D eigenvalue weighted by Crippen LogP contribution is -2.57. The third-order valence-corrected chi connectivity index (χ3v) is 10.9. The van der Waals surface area contributed by atoms with E-state index >= 15 is 0 Å². The topological polar surface area (TPSA) is 193 Å². The van der Waals surface area contributed by atoms with E-state index in [1.54, 1.807) is 45.2 Å². The lowest BCUT2D eigenvalue weighted by atomic mass is 9.79. The fourth-order valence-corrected chi connectivity index (χ4v) is 7.39. The maximum Gasteiger partial charge on any atom is 0.255 e. The average molecular weight is 796 g/mol. The Bertz CT molecular complexity index is 1630. The van der Waals surface area contributed by atoms with Gasteiger partial charge in [-0.2, -0.15) is 0 Å². The van der Waals surface area contributed by atoms with E-state index in [9.17, 15) is 24.6 Å². The molecule has 1 aliphatic rings. The van der Waals surface area contributed by atoms with Crippen LogP contribution in [-0.4, -0.2) is 109 Å². The maximum absolute atomic E-state index is 14.1. The van der Waals surface area contributed by atoms with Gasteiger partial charge in [0.2, 0.25) is 11.8 Å². The standard InChI is InChI=1S/C43H65N5O9/c1-6-29(4)38(43(53)44-27-36-45-32-17-11-12-18-33(32)46-36)48-42(52)37(28(2)3)40(50)39(49)34(26-30-14-8-7-9-15-30)47-41(51)31-16-10-13-19-35(31)57-25-24-56-23-22-55-21-20-54-5/h10-13,16-19,28-30,34,37-40,49-50H,6-9,14-15,20-27H2,1-5H3,(H,44,53)(H,45,46)(H,47,51)(H,48,52)/t29?,34?,37-,38+,39-,40-/m1/s1. The van der Waals surface area contributed by atoms with Gasteiger partial charge in [-0.3, -0.25) is 14.4 Å². The fourth-order valence-electron chi connectivity index (χ4n) is 7.39. The Balaban J connectivity index is 1.43. The number of aromatic nitrogens is 2. The summed E-state index contributed by atoms with van der Waals surface area (Å²) in [5.74, 6) is -1.95. The number of benzene rings is 2. The minimum absolute atomic E-state index is 0.140. The molecule has 4 rings (SSSR count). The largest absolute Gasteiger partial charge is 0.490 e. The van der Waals surface area contributed by atoms with Crippen LogP contribution < -0.4 is 20.7 Å². The van der Waals surface area contributed by atoms with Crippen molar-refractivity contribution >= 4 is 28.8 Å². The van der Waals surface area contributed by atoms with Gasteiger partial charge in [0.05, 0.1) is 74.2 Å². The number of imidazole rings is 1. The lowest BCUT2D eigenvalue weighted by Gasteiger charge is -2.36. The molecule has 0 radical (unpaired) electrons. The normalized spacial score (nSPS) is 16.7. The van der Waals surface area contributed by atoms with Gasteiger partial charge in [0, 0.05) is 7.11 Å². The molecule has 2 aromatic carbocycles.